The second-order valence-corrected chi connectivity index (χ2v) is 9.46. The molecule has 0 radical (unpaired) electrons. The molecule has 1 aromatic heterocycles. The molecule has 1 fully saturated rings. The van der Waals surface area contributed by atoms with Crippen LogP contribution in [0.1, 0.15) is 42.1 Å². The van der Waals surface area contributed by atoms with Crippen molar-refractivity contribution in [1.82, 2.24) is 9.88 Å². The van der Waals surface area contributed by atoms with Gasteiger partial charge >= 0.3 is 0 Å². The average Bonchev–Trinajstić information content (AvgIpc) is 2.88. The molecule has 4 nitrogen and oxygen atoms in total. The predicted molar refractivity (Wildman–Crippen MR) is 123 cm³/mol. The number of rotatable bonds is 3. The van der Waals surface area contributed by atoms with Gasteiger partial charge in [0.1, 0.15) is 0 Å². The van der Waals surface area contributed by atoms with Crippen molar-refractivity contribution in [2.75, 3.05) is 19.7 Å². The van der Waals surface area contributed by atoms with Gasteiger partial charge in [-0.1, -0.05) is 23.2 Å². The molecule has 1 saturated heterocycles. The van der Waals surface area contributed by atoms with Crippen LogP contribution >= 0.6 is 43.5 Å². The van der Waals surface area contributed by atoms with Crippen LogP contribution in [0.15, 0.2) is 38.9 Å². The van der Waals surface area contributed by atoms with Gasteiger partial charge in [-0.05, 0) is 93.3 Å². The van der Waals surface area contributed by atoms with E-state index in [1.807, 2.05) is 24.1 Å². The first-order valence-corrected chi connectivity index (χ1v) is 11.8. The second kappa shape index (κ2) is 9.16. The third-order valence-corrected chi connectivity index (χ3v) is 7.55. The summed E-state index contributed by atoms with van der Waals surface area (Å²) in [5, 5.41) is 10.9. The van der Waals surface area contributed by atoms with Crippen LogP contribution in [0.5, 0.6) is 0 Å². The van der Waals surface area contributed by atoms with E-state index in [1.54, 1.807) is 0 Å². The number of fused-ring (bicyclic) bond motifs is 2. The number of benzene rings is 1. The lowest BCUT2D eigenvalue weighted by Crippen LogP contribution is -2.41. The van der Waals surface area contributed by atoms with Crippen molar-refractivity contribution in [3.63, 3.8) is 0 Å². The van der Waals surface area contributed by atoms with Crippen LogP contribution < -0.4 is 0 Å². The summed E-state index contributed by atoms with van der Waals surface area (Å²) in [7, 11) is 0. The fourth-order valence-corrected chi connectivity index (χ4v) is 5.33. The normalized spacial score (nSPS) is 18.2. The van der Waals surface area contributed by atoms with E-state index in [4.69, 9.17) is 21.3 Å². The Morgan fingerprint density at radius 2 is 1.97 bits per heavy atom. The minimum absolute atomic E-state index is 0.500. The number of hydrogen-bond acceptors (Lipinski definition) is 4. The van der Waals surface area contributed by atoms with Gasteiger partial charge in [0.15, 0.2) is 0 Å². The van der Waals surface area contributed by atoms with Crippen LogP contribution in [0.2, 0.25) is 5.02 Å². The van der Waals surface area contributed by atoms with Crippen molar-refractivity contribution >= 4 is 49.0 Å². The van der Waals surface area contributed by atoms with E-state index >= 15 is 0 Å². The van der Waals surface area contributed by atoms with Gasteiger partial charge in [-0.25, -0.2) is 0 Å². The highest BCUT2D eigenvalue weighted by molar-refractivity contribution is 9.10. The van der Waals surface area contributed by atoms with E-state index in [1.165, 1.54) is 27.8 Å². The van der Waals surface area contributed by atoms with Crippen molar-refractivity contribution in [3.05, 3.63) is 66.3 Å². The Kier molecular flexibility index (Phi) is 6.78. The molecule has 1 aliphatic carbocycles. The lowest BCUT2D eigenvalue weighted by atomic mass is 9.88. The van der Waals surface area contributed by atoms with Gasteiger partial charge in [0.2, 0.25) is 6.41 Å². The molecular formula is C22H23Br2ClN2O2. The highest BCUT2D eigenvalue weighted by atomic mass is 79.9. The summed E-state index contributed by atoms with van der Waals surface area (Å²) in [4.78, 5) is 6.81. The van der Waals surface area contributed by atoms with Crippen molar-refractivity contribution in [1.29, 1.82) is 0 Å². The highest BCUT2D eigenvalue weighted by Crippen LogP contribution is 2.42. The number of aryl methyl sites for hydroxylation is 1. The Hall–Kier alpha value is -0.760. The Balaban J connectivity index is 1.80. The molecule has 0 amide bonds. The predicted octanol–water partition coefficient (Wildman–Crippen LogP) is 5.57. The number of aliphatic hydroxyl groups excluding tert-OH is 1. The summed E-state index contributed by atoms with van der Waals surface area (Å²) >= 11 is 13.7. The summed E-state index contributed by atoms with van der Waals surface area (Å²) in [5.74, 6) is 0. The molecule has 1 N–H and O–H groups in total. The summed E-state index contributed by atoms with van der Waals surface area (Å²) < 4.78 is 7.34. The van der Waals surface area contributed by atoms with Gasteiger partial charge in [-0.15, -0.1) is 0 Å². The molecule has 154 valence electrons. The maximum absolute atomic E-state index is 10.2. The Bertz CT molecular complexity index is 954. The van der Waals surface area contributed by atoms with E-state index in [9.17, 15) is 5.11 Å². The lowest BCUT2D eigenvalue weighted by Gasteiger charge is -2.33. The Morgan fingerprint density at radius 3 is 2.69 bits per heavy atom. The van der Waals surface area contributed by atoms with Crippen LogP contribution in [-0.2, 0) is 17.6 Å². The highest BCUT2D eigenvalue weighted by Gasteiger charge is 2.28. The SMILES string of the molecule is CCOC(O)N1CCC(=C2c3ccc(Cl)c(Br)c3CCc3cc(Br)cnc32)CC1. The minimum atomic E-state index is -0.831. The van der Waals surface area contributed by atoms with Gasteiger partial charge in [0, 0.05) is 40.4 Å². The molecule has 2 aromatic rings. The summed E-state index contributed by atoms with van der Waals surface area (Å²) in [6, 6.07) is 6.27. The van der Waals surface area contributed by atoms with Crippen LogP contribution in [0, 0.1) is 0 Å². The summed E-state index contributed by atoms with van der Waals surface area (Å²) in [6.07, 6.45) is 4.62. The smallest absolute Gasteiger partial charge is 0.216 e. The number of aromatic nitrogens is 1. The molecule has 0 spiro atoms. The molecule has 1 aromatic carbocycles. The van der Waals surface area contributed by atoms with Gasteiger partial charge in [-0.2, -0.15) is 0 Å². The van der Waals surface area contributed by atoms with Crippen molar-refractivity contribution < 1.29 is 9.84 Å². The number of hydrogen-bond donors (Lipinski definition) is 1. The number of pyridine rings is 1. The zero-order valence-electron chi connectivity index (χ0n) is 16.2. The second-order valence-electron chi connectivity index (χ2n) is 7.34. The van der Waals surface area contributed by atoms with Crippen molar-refractivity contribution in [2.45, 2.75) is 39.0 Å². The van der Waals surface area contributed by atoms with Gasteiger partial charge in [0.25, 0.3) is 0 Å². The summed E-state index contributed by atoms with van der Waals surface area (Å²) in [5.41, 5.74) is 7.36. The van der Waals surface area contributed by atoms with Crippen LogP contribution in [-0.4, -0.2) is 41.1 Å². The largest absolute Gasteiger partial charge is 0.356 e. The fraction of sp³-hybridized carbons (Fsp3) is 0.409. The molecule has 0 bridgehead atoms. The van der Waals surface area contributed by atoms with E-state index in [0.29, 0.717) is 6.61 Å². The number of ether oxygens (including phenoxy) is 1. The van der Waals surface area contributed by atoms with Crippen molar-refractivity contribution in [3.8, 4) is 0 Å². The van der Waals surface area contributed by atoms with Crippen LogP contribution in [0.25, 0.3) is 5.57 Å². The Morgan fingerprint density at radius 1 is 1.21 bits per heavy atom. The molecule has 2 heterocycles. The maximum Gasteiger partial charge on any atom is 0.216 e. The maximum atomic E-state index is 10.2. The molecule has 0 saturated carbocycles. The van der Waals surface area contributed by atoms with Gasteiger partial charge < -0.3 is 9.84 Å². The molecule has 1 aliphatic heterocycles. The number of nitrogens with zero attached hydrogens (tertiary/aromatic N) is 2. The molecule has 29 heavy (non-hydrogen) atoms. The Labute approximate surface area is 193 Å². The van der Waals surface area contributed by atoms with Crippen LogP contribution in [0.4, 0.5) is 0 Å². The first-order valence-electron chi connectivity index (χ1n) is 9.87. The zero-order chi connectivity index (χ0) is 20.5. The molecule has 2 aliphatic rings. The minimum Gasteiger partial charge on any atom is -0.356 e. The van der Waals surface area contributed by atoms with Gasteiger partial charge in [0.05, 0.1) is 10.7 Å². The average molecular weight is 543 g/mol. The van der Waals surface area contributed by atoms with E-state index in [2.05, 4.69) is 44.0 Å². The third-order valence-electron chi connectivity index (χ3n) is 5.66. The molecular weight excluding hydrogens is 520 g/mol. The molecule has 1 unspecified atom stereocenters. The number of halogens is 3. The van der Waals surface area contributed by atoms with Crippen molar-refractivity contribution in [2.24, 2.45) is 0 Å². The zero-order valence-corrected chi connectivity index (χ0v) is 20.1. The van der Waals surface area contributed by atoms with E-state index in [0.717, 1.165) is 58.4 Å². The first-order chi connectivity index (χ1) is 14.0. The first kappa shape index (κ1) is 21.5. The topological polar surface area (TPSA) is 45.6 Å². The monoisotopic (exact) mass is 540 g/mol. The standard InChI is InChI=1S/C22H23Br2ClN2O2/c1-2-29-22(28)27-9-7-13(8-10-27)19-16-5-6-18(25)20(24)17(16)4-3-14-11-15(23)12-26-21(14)19/h5-6,11-12,22,28H,2-4,7-10H2,1H3. The molecule has 1 atom stereocenters. The third kappa shape index (κ3) is 4.34. The van der Waals surface area contributed by atoms with Crippen LogP contribution in [0.3, 0.4) is 0 Å². The fourth-order valence-electron chi connectivity index (χ4n) is 4.23. The summed E-state index contributed by atoms with van der Waals surface area (Å²) in [6.45, 7) is 3.92. The lowest BCUT2D eigenvalue weighted by molar-refractivity contribution is -0.192. The van der Waals surface area contributed by atoms with E-state index in [-0.39, 0.29) is 0 Å². The molecule has 4 rings (SSSR count). The van der Waals surface area contributed by atoms with E-state index < -0.39 is 6.41 Å². The molecule has 7 heteroatoms. The quantitative estimate of drug-likeness (QED) is 0.516. The number of likely N-dealkylation sites (tertiary alicyclic amines) is 1. The van der Waals surface area contributed by atoms with Gasteiger partial charge in [-0.3, -0.25) is 9.88 Å². The number of piperidine rings is 1. The number of aliphatic hydroxyl groups is 1.